The van der Waals surface area contributed by atoms with Crippen molar-refractivity contribution >= 4 is 11.9 Å². The van der Waals surface area contributed by atoms with Crippen molar-refractivity contribution < 1.29 is 19.1 Å². The van der Waals surface area contributed by atoms with Gasteiger partial charge in [0.15, 0.2) is 0 Å². The summed E-state index contributed by atoms with van der Waals surface area (Å²) < 4.78 is 10.7. The van der Waals surface area contributed by atoms with Crippen molar-refractivity contribution in [3.63, 3.8) is 0 Å². The summed E-state index contributed by atoms with van der Waals surface area (Å²) in [4.78, 5) is 23.0. The molecule has 230 valence electrons. The highest BCUT2D eigenvalue weighted by Gasteiger charge is 2.68. The van der Waals surface area contributed by atoms with E-state index in [1.807, 2.05) is 0 Å². The van der Waals surface area contributed by atoms with Gasteiger partial charge in [-0.2, -0.15) is 0 Å². The van der Waals surface area contributed by atoms with Gasteiger partial charge >= 0.3 is 11.9 Å². The number of hydrogen-bond donors (Lipinski definition) is 0. The molecule has 5 aliphatic rings. The van der Waals surface area contributed by atoms with Crippen LogP contribution < -0.4 is 0 Å². The van der Waals surface area contributed by atoms with E-state index in [0.29, 0.717) is 45.8 Å². The minimum atomic E-state index is -0.354. The Morgan fingerprint density at radius 1 is 0.805 bits per heavy atom. The standard InChI is InChI=1S/C37H58O4/c1-24(11-12-27(41-26(3)39)23-40-25(2)38)28-15-20-34(6)29(28)16-21-36(8)31(34)13-14-32-35(7)19-10-18-33(4,5)30(35)17-22-37(32,36)9/h13-14,17,22,24,27-32H,10-12,15-16,18-21,23H2,1-9H3/t24-,27-,28-,29+,30+,31-,32-,34+,35+,36-,37-/m1/s1. The van der Waals surface area contributed by atoms with Crippen LogP contribution >= 0.6 is 0 Å². The molecule has 5 aliphatic carbocycles. The zero-order valence-corrected chi connectivity index (χ0v) is 27.6. The lowest BCUT2D eigenvalue weighted by Gasteiger charge is -2.69. The van der Waals surface area contributed by atoms with Crippen molar-refractivity contribution in [3.8, 4) is 0 Å². The van der Waals surface area contributed by atoms with E-state index in [1.165, 1.54) is 58.8 Å². The molecule has 0 spiro atoms. The molecule has 0 heterocycles. The Hall–Kier alpha value is -1.58. The van der Waals surface area contributed by atoms with Crippen molar-refractivity contribution in [1.29, 1.82) is 0 Å². The maximum absolute atomic E-state index is 11.7. The minimum absolute atomic E-state index is 0.156. The lowest BCUT2D eigenvalue weighted by Crippen LogP contribution is -2.62. The smallest absolute Gasteiger partial charge is 0.303 e. The molecule has 0 aromatic rings. The Bertz CT molecular complexity index is 1090. The fourth-order valence-corrected chi connectivity index (χ4v) is 11.9. The van der Waals surface area contributed by atoms with Crippen LogP contribution in [0.1, 0.15) is 120 Å². The molecule has 0 aromatic carbocycles. The number of hydrogen-bond acceptors (Lipinski definition) is 4. The highest BCUT2D eigenvalue weighted by Crippen LogP contribution is 2.75. The summed E-state index contributed by atoms with van der Waals surface area (Å²) >= 11 is 0. The molecule has 0 N–H and O–H groups in total. The molecule has 4 nitrogen and oxygen atoms in total. The number of ether oxygens (including phenoxy) is 2. The van der Waals surface area contributed by atoms with Crippen LogP contribution in [-0.4, -0.2) is 24.6 Å². The second kappa shape index (κ2) is 10.5. The lowest BCUT2D eigenvalue weighted by molar-refractivity contribution is -0.157. The molecule has 11 atom stereocenters. The normalized spacial score (nSPS) is 45.4. The predicted octanol–water partition coefficient (Wildman–Crippen LogP) is 8.94. The fraction of sp³-hybridized carbons (Fsp3) is 0.838. The number of rotatable bonds is 7. The van der Waals surface area contributed by atoms with E-state index in [2.05, 4.69) is 72.8 Å². The number of esters is 2. The molecule has 0 aromatic heterocycles. The number of carbonyl (C=O) groups excluding carboxylic acids is 2. The van der Waals surface area contributed by atoms with Crippen LogP contribution in [0.25, 0.3) is 0 Å². The van der Waals surface area contributed by atoms with Gasteiger partial charge in [-0.15, -0.1) is 0 Å². The Kier molecular flexibility index (Phi) is 7.94. The first-order chi connectivity index (χ1) is 19.1. The van der Waals surface area contributed by atoms with Crippen LogP contribution in [0.15, 0.2) is 24.3 Å². The van der Waals surface area contributed by atoms with Crippen LogP contribution in [0.2, 0.25) is 0 Å². The Balaban J connectivity index is 1.35. The summed E-state index contributed by atoms with van der Waals surface area (Å²) in [5, 5.41) is 0. The SMILES string of the molecule is CC(=O)OC[C@@H](CC[C@@H](C)[C@H]1CC[C@]2(C)[C@H]3C=C[C@@H]4[C@@]5(C)CCCC(C)(C)[C@@H]5C=C[C@@]4(C)[C@]3(C)CC[C@@H]12)OC(C)=O. The Labute approximate surface area is 250 Å². The first-order valence-corrected chi connectivity index (χ1v) is 16.8. The highest BCUT2D eigenvalue weighted by atomic mass is 16.6. The van der Waals surface area contributed by atoms with Crippen molar-refractivity contribution in [2.24, 2.45) is 62.6 Å². The molecular weight excluding hydrogens is 508 g/mol. The van der Waals surface area contributed by atoms with Gasteiger partial charge in [-0.1, -0.05) is 79.2 Å². The van der Waals surface area contributed by atoms with Crippen LogP contribution in [0.5, 0.6) is 0 Å². The second-order valence-corrected chi connectivity index (χ2v) is 16.7. The fourth-order valence-electron chi connectivity index (χ4n) is 11.9. The quantitative estimate of drug-likeness (QED) is 0.228. The van der Waals surface area contributed by atoms with Gasteiger partial charge in [0.25, 0.3) is 0 Å². The third-order valence-corrected chi connectivity index (χ3v) is 14.0. The molecule has 0 bridgehead atoms. The highest BCUT2D eigenvalue weighted by molar-refractivity contribution is 5.67. The Morgan fingerprint density at radius 3 is 2.20 bits per heavy atom. The van der Waals surface area contributed by atoms with Gasteiger partial charge < -0.3 is 9.47 Å². The third kappa shape index (κ3) is 4.86. The predicted molar refractivity (Wildman–Crippen MR) is 165 cm³/mol. The Morgan fingerprint density at radius 2 is 1.51 bits per heavy atom. The van der Waals surface area contributed by atoms with Gasteiger partial charge in [-0.3, -0.25) is 9.59 Å². The van der Waals surface area contributed by atoms with E-state index in [4.69, 9.17) is 9.47 Å². The monoisotopic (exact) mass is 566 g/mol. The average molecular weight is 567 g/mol. The minimum Gasteiger partial charge on any atom is -0.462 e. The van der Waals surface area contributed by atoms with Gasteiger partial charge in [0.05, 0.1) is 0 Å². The van der Waals surface area contributed by atoms with Gasteiger partial charge in [-0.25, -0.2) is 0 Å². The summed E-state index contributed by atoms with van der Waals surface area (Å²) in [6.07, 6.45) is 21.5. The number of fused-ring (bicyclic) bond motifs is 7. The van der Waals surface area contributed by atoms with E-state index >= 15 is 0 Å². The van der Waals surface area contributed by atoms with Crippen LogP contribution in [-0.2, 0) is 19.1 Å². The van der Waals surface area contributed by atoms with Crippen molar-refractivity contribution in [1.82, 2.24) is 0 Å². The summed E-state index contributed by atoms with van der Waals surface area (Å²) in [7, 11) is 0. The van der Waals surface area contributed by atoms with E-state index in [0.717, 1.165) is 18.8 Å². The van der Waals surface area contributed by atoms with Crippen LogP contribution in [0.3, 0.4) is 0 Å². The molecule has 0 saturated heterocycles. The number of allylic oxidation sites excluding steroid dienone is 4. The maximum atomic E-state index is 11.7. The van der Waals surface area contributed by atoms with Crippen molar-refractivity contribution in [3.05, 3.63) is 24.3 Å². The molecule has 0 amide bonds. The van der Waals surface area contributed by atoms with E-state index < -0.39 is 0 Å². The van der Waals surface area contributed by atoms with Crippen LogP contribution in [0.4, 0.5) is 0 Å². The van der Waals surface area contributed by atoms with Crippen LogP contribution in [0, 0.1) is 62.6 Å². The van der Waals surface area contributed by atoms with Gasteiger partial charge in [0.2, 0.25) is 0 Å². The van der Waals surface area contributed by atoms with E-state index in [9.17, 15) is 9.59 Å². The lowest BCUT2D eigenvalue weighted by atomic mass is 9.35. The molecule has 0 unspecified atom stereocenters. The zero-order chi connectivity index (χ0) is 30.0. The zero-order valence-electron chi connectivity index (χ0n) is 27.6. The molecule has 3 fully saturated rings. The summed E-state index contributed by atoms with van der Waals surface area (Å²) in [6, 6.07) is 0. The molecule has 41 heavy (non-hydrogen) atoms. The first kappa shape index (κ1) is 30.9. The van der Waals surface area contributed by atoms with Gasteiger partial charge in [-0.05, 0) is 114 Å². The first-order valence-electron chi connectivity index (χ1n) is 16.8. The third-order valence-electron chi connectivity index (χ3n) is 14.0. The summed E-state index contributed by atoms with van der Waals surface area (Å²) in [5.41, 5.74) is 1.50. The second-order valence-electron chi connectivity index (χ2n) is 16.7. The number of carbonyl (C=O) groups is 2. The summed E-state index contributed by atoms with van der Waals surface area (Å²) in [5.74, 6) is 3.21. The molecule has 5 rings (SSSR count). The molecule has 0 radical (unpaired) electrons. The van der Waals surface area contributed by atoms with Gasteiger partial charge in [0.1, 0.15) is 12.7 Å². The molecular formula is C37H58O4. The van der Waals surface area contributed by atoms with E-state index in [-0.39, 0.29) is 35.5 Å². The van der Waals surface area contributed by atoms with E-state index in [1.54, 1.807) is 0 Å². The van der Waals surface area contributed by atoms with Crippen molar-refractivity contribution in [2.45, 2.75) is 126 Å². The summed E-state index contributed by atoms with van der Waals surface area (Å²) in [6.45, 7) is 21.0. The molecule has 0 aliphatic heterocycles. The van der Waals surface area contributed by atoms with Crippen molar-refractivity contribution in [2.75, 3.05) is 6.61 Å². The average Bonchev–Trinajstić information content (AvgIpc) is 3.22. The van der Waals surface area contributed by atoms with Gasteiger partial charge in [0, 0.05) is 13.8 Å². The maximum Gasteiger partial charge on any atom is 0.303 e. The topological polar surface area (TPSA) is 52.6 Å². The molecule has 4 heteroatoms. The largest absolute Gasteiger partial charge is 0.462 e. The molecule has 3 saturated carbocycles.